The van der Waals surface area contributed by atoms with Crippen LogP contribution >= 0.6 is 0 Å². The molecule has 0 aliphatic rings. The van der Waals surface area contributed by atoms with Crippen LogP contribution in [0.4, 0.5) is 34.1 Å². The predicted octanol–water partition coefficient (Wildman–Crippen LogP) is 14.5. The standard InChI is InChI=1S/C57H52N4O2/c1-40-32-52(60(48-18-9-5-10-19-48)49-20-11-6-12-21-49)33-41(2)56(40)44-26-28-46(54(62)36-44)38-58-30-17-31-59-39-47-29-27-45(37-55(47)63)57-42(3)34-53(35-43(57)4)61(50-22-13-7-14-23-50)51-24-15-8-16-25-51/h5-16,18-29,32-39,62-63H,17,30-31H2,1-4H3. The third-order valence-corrected chi connectivity index (χ3v) is 11.3. The largest absolute Gasteiger partial charge is 0.507 e. The van der Waals surface area contributed by atoms with Crippen molar-refractivity contribution in [3.63, 3.8) is 0 Å². The highest BCUT2D eigenvalue weighted by atomic mass is 16.3. The number of benzene rings is 8. The van der Waals surface area contributed by atoms with E-state index >= 15 is 0 Å². The van der Waals surface area contributed by atoms with Crippen molar-refractivity contribution < 1.29 is 10.2 Å². The summed E-state index contributed by atoms with van der Waals surface area (Å²) in [6.07, 6.45) is 4.18. The molecule has 2 N–H and O–H groups in total. The van der Waals surface area contributed by atoms with Gasteiger partial charge >= 0.3 is 0 Å². The van der Waals surface area contributed by atoms with Crippen molar-refractivity contribution in [2.75, 3.05) is 22.9 Å². The molecule has 0 aliphatic heterocycles. The van der Waals surface area contributed by atoms with E-state index in [2.05, 4.69) is 169 Å². The lowest BCUT2D eigenvalue weighted by Gasteiger charge is -2.27. The second-order valence-corrected chi connectivity index (χ2v) is 15.9. The second kappa shape index (κ2) is 19.3. The molecular weight excluding hydrogens is 773 g/mol. The summed E-state index contributed by atoms with van der Waals surface area (Å²) in [6, 6.07) is 62.0. The van der Waals surface area contributed by atoms with Crippen LogP contribution in [0, 0.1) is 27.7 Å². The number of aliphatic imine (C=N–C) groups is 2. The van der Waals surface area contributed by atoms with E-state index in [1.807, 2.05) is 60.7 Å². The zero-order valence-electron chi connectivity index (χ0n) is 36.3. The minimum absolute atomic E-state index is 0.189. The van der Waals surface area contributed by atoms with Crippen molar-refractivity contribution in [1.29, 1.82) is 0 Å². The van der Waals surface area contributed by atoms with Crippen LogP contribution in [0.25, 0.3) is 22.3 Å². The minimum Gasteiger partial charge on any atom is -0.507 e. The number of nitrogens with zero attached hydrogens (tertiary/aromatic N) is 4. The first-order valence-corrected chi connectivity index (χ1v) is 21.4. The van der Waals surface area contributed by atoms with Gasteiger partial charge in [0.05, 0.1) is 0 Å². The van der Waals surface area contributed by atoms with E-state index in [9.17, 15) is 10.2 Å². The van der Waals surface area contributed by atoms with E-state index in [0.717, 1.165) is 85.1 Å². The fourth-order valence-electron chi connectivity index (χ4n) is 8.45. The number of para-hydroxylation sites is 4. The summed E-state index contributed by atoms with van der Waals surface area (Å²) < 4.78 is 0. The SMILES string of the molecule is Cc1cc(N(c2ccccc2)c2ccccc2)cc(C)c1-c1ccc(C=NCCCN=Cc2ccc(-c3c(C)cc(N(c4ccccc4)c4ccccc4)cc3C)cc2O)c(O)c1. The third kappa shape index (κ3) is 9.61. The van der Waals surface area contributed by atoms with E-state index in [1.165, 1.54) is 0 Å². The van der Waals surface area contributed by atoms with Gasteiger partial charge in [-0.25, -0.2) is 0 Å². The zero-order chi connectivity index (χ0) is 43.7. The Morgan fingerprint density at radius 1 is 0.381 bits per heavy atom. The van der Waals surface area contributed by atoms with Gasteiger partial charge in [-0.2, -0.15) is 0 Å². The molecule has 0 aromatic heterocycles. The number of rotatable bonds is 14. The van der Waals surface area contributed by atoms with Crippen molar-refractivity contribution in [2.24, 2.45) is 9.98 Å². The highest BCUT2D eigenvalue weighted by Crippen LogP contribution is 2.41. The molecule has 0 bridgehead atoms. The Morgan fingerprint density at radius 2 is 0.683 bits per heavy atom. The maximum Gasteiger partial charge on any atom is 0.124 e. The van der Waals surface area contributed by atoms with Gasteiger partial charge in [-0.3, -0.25) is 9.98 Å². The molecule has 0 heterocycles. The third-order valence-electron chi connectivity index (χ3n) is 11.3. The molecule has 8 rings (SSSR count). The first kappa shape index (κ1) is 42.0. The van der Waals surface area contributed by atoms with Crippen LogP contribution in [0.1, 0.15) is 39.8 Å². The first-order valence-electron chi connectivity index (χ1n) is 21.4. The van der Waals surface area contributed by atoms with Gasteiger partial charge in [-0.1, -0.05) is 84.9 Å². The van der Waals surface area contributed by atoms with Gasteiger partial charge in [0.25, 0.3) is 0 Å². The predicted molar refractivity (Wildman–Crippen MR) is 265 cm³/mol. The summed E-state index contributed by atoms with van der Waals surface area (Å²) in [6.45, 7) is 9.62. The Kier molecular flexibility index (Phi) is 12.9. The fraction of sp³-hybridized carbons (Fsp3) is 0.123. The molecule has 63 heavy (non-hydrogen) atoms. The number of hydrogen-bond donors (Lipinski definition) is 2. The van der Waals surface area contributed by atoms with Gasteiger partial charge in [0.2, 0.25) is 0 Å². The number of aromatic hydroxyl groups is 2. The van der Waals surface area contributed by atoms with Gasteiger partial charge in [0.15, 0.2) is 0 Å². The molecule has 0 radical (unpaired) electrons. The summed E-state index contributed by atoms with van der Waals surface area (Å²) in [7, 11) is 0. The lowest BCUT2D eigenvalue weighted by molar-refractivity contribution is 0.474. The normalized spacial score (nSPS) is 11.4. The zero-order valence-corrected chi connectivity index (χ0v) is 36.3. The minimum atomic E-state index is 0.189. The summed E-state index contributed by atoms with van der Waals surface area (Å²) in [5, 5.41) is 22.1. The highest BCUT2D eigenvalue weighted by molar-refractivity contribution is 5.88. The van der Waals surface area contributed by atoms with Crippen molar-refractivity contribution in [1.82, 2.24) is 0 Å². The summed E-state index contributed by atoms with van der Waals surface area (Å²) in [4.78, 5) is 13.7. The summed E-state index contributed by atoms with van der Waals surface area (Å²) >= 11 is 0. The number of phenols is 2. The van der Waals surface area contributed by atoms with E-state index in [-0.39, 0.29) is 11.5 Å². The van der Waals surface area contributed by atoms with Crippen LogP contribution in [0.5, 0.6) is 11.5 Å². The van der Waals surface area contributed by atoms with E-state index in [4.69, 9.17) is 0 Å². The average Bonchev–Trinajstić information content (AvgIpc) is 3.28. The monoisotopic (exact) mass is 824 g/mol. The number of aryl methyl sites for hydroxylation is 4. The van der Waals surface area contributed by atoms with Crippen LogP contribution in [0.3, 0.4) is 0 Å². The summed E-state index contributed by atoms with van der Waals surface area (Å²) in [5.74, 6) is 0.378. The smallest absolute Gasteiger partial charge is 0.124 e. The Hall–Kier alpha value is -7.70. The van der Waals surface area contributed by atoms with Gasteiger partial charge < -0.3 is 20.0 Å². The molecule has 8 aromatic carbocycles. The molecule has 0 spiro atoms. The molecule has 312 valence electrons. The van der Waals surface area contributed by atoms with Crippen molar-refractivity contribution in [3.05, 3.63) is 215 Å². The van der Waals surface area contributed by atoms with Crippen LogP contribution in [0.15, 0.2) is 192 Å². The van der Waals surface area contributed by atoms with Crippen molar-refractivity contribution in [2.45, 2.75) is 34.1 Å². The maximum absolute atomic E-state index is 11.1. The Morgan fingerprint density at radius 3 is 0.968 bits per heavy atom. The molecule has 0 saturated carbocycles. The van der Waals surface area contributed by atoms with Gasteiger partial charge in [0.1, 0.15) is 11.5 Å². The van der Waals surface area contributed by atoms with Crippen molar-refractivity contribution in [3.8, 4) is 33.8 Å². The Balaban J connectivity index is 0.889. The molecule has 8 aromatic rings. The van der Waals surface area contributed by atoms with E-state index in [0.29, 0.717) is 24.2 Å². The number of phenolic OH excluding ortho intramolecular Hbond substituents is 2. The Labute approximate surface area is 371 Å². The van der Waals surface area contributed by atoms with Crippen LogP contribution in [-0.2, 0) is 0 Å². The van der Waals surface area contributed by atoms with Crippen molar-refractivity contribution >= 4 is 46.6 Å². The average molecular weight is 825 g/mol. The molecule has 0 unspecified atom stereocenters. The fourth-order valence-corrected chi connectivity index (χ4v) is 8.45. The highest BCUT2D eigenvalue weighted by Gasteiger charge is 2.18. The Bertz CT molecular complexity index is 2550. The lowest BCUT2D eigenvalue weighted by atomic mass is 9.93. The van der Waals surface area contributed by atoms with E-state index in [1.54, 1.807) is 12.4 Å². The molecule has 6 nitrogen and oxygen atoms in total. The molecule has 0 aliphatic carbocycles. The topological polar surface area (TPSA) is 71.7 Å². The molecular formula is C57H52N4O2. The number of anilines is 6. The molecule has 0 atom stereocenters. The van der Waals surface area contributed by atoms with Gasteiger partial charge in [0, 0.05) is 70.8 Å². The maximum atomic E-state index is 11.1. The van der Waals surface area contributed by atoms with Crippen LogP contribution < -0.4 is 9.80 Å². The second-order valence-electron chi connectivity index (χ2n) is 15.9. The van der Waals surface area contributed by atoms with Gasteiger partial charge in [-0.05, 0) is 176 Å². The number of hydrogen-bond acceptors (Lipinski definition) is 6. The van der Waals surface area contributed by atoms with E-state index < -0.39 is 0 Å². The molecule has 0 amide bonds. The van der Waals surface area contributed by atoms with Crippen LogP contribution in [0.2, 0.25) is 0 Å². The first-order chi connectivity index (χ1) is 30.7. The quantitative estimate of drug-likeness (QED) is 0.0846. The summed E-state index contributed by atoms with van der Waals surface area (Å²) in [5.41, 5.74) is 16.5. The molecule has 6 heteroatoms. The molecule has 0 saturated heterocycles. The van der Waals surface area contributed by atoms with Gasteiger partial charge in [-0.15, -0.1) is 0 Å². The lowest BCUT2D eigenvalue weighted by Crippen LogP contribution is -2.10. The van der Waals surface area contributed by atoms with Crippen LogP contribution in [-0.4, -0.2) is 35.7 Å². The molecule has 0 fully saturated rings.